The molecule has 0 saturated carbocycles. The summed E-state index contributed by atoms with van der Waals surface area (Å²) in [6.07, 6.45) is 1.64. The SMILES string of the molecule is Cc1cc(F)ccc1C(=O)C1(C)CCCO1. The van der Waals surface area contributed by atoms with E-state index in [1.165, 1.54) is 12.1 Å². The van der Waals surface area contributed by atoms with Gasteiger partial charge in [-0.15, -0.1) is 0 Å². The Bertz CT molecular complexity index is 420. The Morgan fingerprint density at radius 2 is 2.25 bits per heavy atom. The highest BCUT2D eigenvalue weighted by atomic mass is 19.1. The highest BCUT2D eigenvalue weighted by Gasteiger charge is 2.38. The van der Waals surface area contributed by atoms with E-state index in [0.717, 1.165) is 12.8 Å². The van der Waals surface area contributed by atoms with Crippen molar-refractivity contribution in [2.24, 2.45) is 0 Å². The molecule has 1 aromatic rings. The molecule has 0 amide bonds. The minimum Gasteiger partial charge on any atom is -0.367 e. The molecule has 3 heteroatoms. The summed E-state index contributed by atoms with van der Waals surface area (Å²) in [4.78, 5) is 12.3. The Morgan fingerprint density at radius 1 is 1.50 bits per heavy atom. The number of halogens is 1. The molecular weight excluding hydrogens is 207 g/mol. The van der Waals surface area contributed by atoms with Crippen LogP contribution in [0, 0.1) is 12.7 Å². The summed E-state index contributed by atoms with van der Waals surface area (Å²) in [6.45, 7) is 4.18. The topological polar surface area (TPSA) is 26.3 Å². The highest BCUT2D eigenvalue weighted by Crippen LogP contribution is 2.30. The molecule has 1 heterocycles. The first-order valence-electron chi connectivity index (χ1n) is 5.48. The van der Waals surface area contributed by atoms with Crippen LogP contribution in [0.4, 0.5) is 4.39 Å². The summed E-state index contributed by atoms with van der Waals surface area (Å²) in [7, 11) is 0. The highest BCUT2D eigenvalue weighted by molar-refractivity contribution is 6.03. The minimum absolute atomic E-state index is 0.0394. The quantitative estimate of drug-likeness (QED) is 0.719. The van der Waals surface area contributed by atoms with Gasteiger partial charge in [-0.1, -0.05) is 0 Å². The number of carbonyl (C=O) groups is 1. The standard InChI is InChI=1S/C13H15FO2/c1-9-8-10(14)4-5-11(9)12(15)13(2)6-3-7-16-13/h4-5,8H,3,6-7H2,1-2H3. The van der Waals surface area contributed by atoms with Crippen LogP contribution in [0.1, 0.15) is 35.7 Å². The first-order valence-corrected chi connectivity index (χ1v) is 5.48. The largest absolute Gasteiger partial charge is 0.367 e. The number of hydrogen-bond donors (Lipinski definition) is 0. The van der Waals surface area contributed by atoms with E-state index in [2.05, 4.69) is 0 Å². The van der Waals surface area contributed by atoms with Crippen LogP contribution >= 0.6 is 0 Å². The van der Waals surface area contributed by atoms with E-state index in [0.29, 0.717) is 17.7 Å². The predicted molar refractivity (Wildman–Crippen MR) is 59.1 cm³/mol. The zero-order valence-electron chi connectivity index (χ0n) is 9.55. The molecule has 0 bridgehead atoms. The zero-order chi connectivity index (χ0) is 11.8. The van der Waals surface area contributed by atoms with Crippen LogP contribution in [0.5, 0.6) is 0 Å². The van der Waals surface area contributed by atoms with Gasteiger partial charge < -0.3 is 4.74 Å². The third-order valence-electron chi connectivity index (χ3n) is 3.13. The molecule has 1 atom stereocenters. The molecule has 2 rings (SSSR count). The first kappa shape index (κ1) is 11.3. The molecule has 1 aromatic carbocycles. The second kappa shape index (κ2) is 3.98. The van der Waals surface area contributed by atoms with E-state index in [9.17, 15) is 9.18 Å². The van der Waals surface area contributed by atoms with E-state index >= 15 is 0 Å². The van der Waals surface area contributed by atoms with E-state index in [1.54, 1.807) is 13.0 Å². The third kappa shape index (κ3) is 1.87. The summed E-state index contributed by atoms with van der Waals surface area (Å²) in [6, 6.07) is 4.24. The molecule has 1 aliphatic heterocycles. The summed E-state index contributed by atoms with van der Waals surface area (Å²) in [5.41, 5.74) is 0.510. The second-order valence-electron chi connectivity index (χ2n) is 4.47. The van der Waals surface area contributed by atoms with Gasteiger partial charge in [-0.2, -0.15) is 0 Å². The van der Waals surface area contributed by atoms with Crippen LogP contribution in [-0.2, 0) is 4.74 Å². The predicted octanol–water partition coefficient (Wildman–Crippen LogP) is 2.89. The lowest BCUT2D eigenvalue weighted by atomic mass is 9.90. The van der Waals surface area contributed by atoms with Crippen LogP contribution in [0.15, 0.2) is 18.2 Å². The van der Waals surface area contributed by atoms with Gasteiger partial charge in [0.1, 0.15) is 11.4 Å². The number of Topliss-reactive ketones (excluding diaryl/α,β-unsaturated/α-hetero) is 1. The van der Waals surface area contributed by atoms with Gasteiger partial charge in [0.2, 0.25) is 0 Å². The van der Waals surface area contributed by atoms with E-state index in [-0.39, 0.29) is 11.6 Å². The van der Waals surface area contributed by atoms with Crippen molar-refractivity contribution in [1.82, 2.24) is 0 Å². The van der Waals surface area contributed by atoms with Crippen molar-refractivity contribution >= 4 is 5.78 Å². The molecule has 1 aliphatic rings. The molecule has 1 saturated heterocycles. The third-order valence-corrected chi connectivity index (χ3v) is 3.13. The molecule has 0 radical (unpaired) electrons. The van der Waals surface area contributed by atoms with Crippen LogP contribution in [0.3, 0.4) is 0 Å². The van der Waals surface area contributed by atoms with Crippen LogP contribution < -0.4 is 0 Å². The number of benzene rings is 1. The van der Waals surface area contributed by atoms with Gasteiger partial charge in [0, 0.05) is 12.2 Å². The minimum atomic E-state index is -0.720. The number of carbonyl (C=O) groups excluding carboxylic acids is 1. The van der Waals surface area contributed by atoms with Gasteiger partial charge in [-0.25, -0.2) is 4.39 Å². The Balaban J connectivity index is 2.33. The van der Waals surface area contributed by atoms with Crippen molar-refractivity contribution in [3.63, 3.8) is 0 Å². The Hall–Kier alpha value is -1.22. The van der Waals surface area contributed by atoms with E-state index in [4.69, 9.17) is 4.74 Å². The van der Waals surface area contributed by atoms with Gasteiger partial charge in [-0.3, -0.25) is 4.79 Å². The fraction of sp³-hybridized carbons (Fsp3) is 0.462. The zero-order valence-corrected chi connectivity index (χ0v) is 9.55. The number of rotatable bonds is 2. The molecule has 16 heavy (non-hydrogen) atoms. The Labute approximate surface area is 94.4 Å². The smallest absolute Gasteiger partial charge is 0.194 e. The van der Waals surface area contributed by atoms with Gasteiger partial charge >= 0.3 is 0 Å². The maximum Gasteiger partial charge on any atom is 0.194 e. The van der Waals surface area contributed by atoms with Crippen molar-refractivity contribution in [2.45, 2.75) is 32.3 Å². The molecule has 0 spiro atoms. The van der Waals surface area contributed by atoms with E-state index in [1.807, 2.05) is 6.92 Å². The fourth-order valence-electron chi connectivity index (χ4n) is 2.12. The van der Waals surface area contributed by atoms with Crippen molar-refractivity contribution < 1.29 is 13.9 Å². The summed E-state index contributed by atoms with van der Waals surface area (Å²) < 4.78 is 18.4. The number of hydrogen-bond acceptors (Lipinski definition) is 2. The Kier molecular flexibility index (Phi) is 2.80. The van der Waals surface area contributed by atoms with Crippen molar-refractivity contribution in [1.29, 1.82) is 0 Å². The summed E-state index contributed by atoms with van der Waals surface area (Å²) >= 11 is 0. The molecule has 1 fully saturated rings. The van der Waals surface area contributed by atoms with E-state index < -0.39 is 5.60 Å². The van der Waals surface area contributed by atoms with Gasteiger partial charge in [0.25, 0.3) is 0 Å². The lowest BCUT2D eigenvalue weighted by Crippen LogP contribution is -2.34. The maximum absolute atomic E-state index is 12.9. The van der Waals surface area contributed by atoms with Crippen molar-refractivity contribution in [2.75, 3.05) is 6.61 Å². The Morgan fingerprint density at radius 3 is 2.81 bits per heavy atom. The molecule has 1 unspecified atom stereocenters. The van der Waals surface area contributed by atoms with Gasteiger partial charge in [0.15, 0.2) is 5.78 Å². The van der Waals surface area contributed by atoms with Crippen molar-refractivity contribution in [3.05, 3.63) is 35.1 Å². The van der Waals surface area contributed by atoms with Crippen LogP contribution in [-0.4, -0.2) is 18.0 Å². The maximum atomic E-state index is 12.9. The number of aryl methyl sites for hydroxylation is 1. The van der Waals surface area contributed by atoms with Gasteiger partial charge in [0.05, 0.1) is 0 Å². The van der Waals surface area contributed by atoms with Crippen LogP contribution in [0.2, 0.25) is 0 Å². The lowest BCUT2D eigenvalue weighted by molar-refractivity contribution is 0.0213. The average molecular weight is 222 g/mol. The summed E-state index contributed by atoms with van der Waals surface area (Å²) in [5.74, 6) is -0.353. The molecule has 2 nitrogen and oxygen atoms in total. The van der Waals surface area contributed by atoms with Crippen molar-refractivity contribution in [3.8, 4) is 0 Å². The number of ketones is 1. The second-order valence-corrected chi connectivity index (χ2v) is 4.47. The monoisotopic (exact) mass is 222 g/mol. The normalized spacial score (nSPS) is 24.7. The molecule has 0 aliphatic carbocycles. The van der Waals surface area contributed by atoms with Crippen LogP contribution in [0.25, 0.3) is 0 Å². The molecular formula is C13H15FO2. The fourth-order valence-corrected chi connectivity index (χ4v) is 2.12. The van der Waals surface area contributed by atoms with Gasteiger partial charge in [-0.05, 0) is 50.5 Å². The lowest BCUT2D eigenvalue weighted by Gasteiger charge is -2.22. The summed E-state index contributed by atoms with van der Waals surface area (Å²) in [5, 5.41) is 0. The first-order chi connectivity index (χ1) is 7.53. The number of ether oxygens (including phenoxy) is 1. The molecule has 86 valence electrons. The molecule has 0 N–H and O–H groups in total. The molecule has 0 aromatic heterocycles. The average Bonchev–Trinajstić information content (AvgIpc) is 2.66.